The summed E-state index contributed by atoms with van der Waals surface area (Å²) in [6.07, 6.45) is 1.63. The molecule has 38 heavy (non-hydrogen) atoms. The van der Waals surface area contributed by atoms with Crippen molar-refractivity contribution >= 4 is 34.5 Å². The number of imidazole rings is 1. The van der Waals surface area contributed by atoms with Crippen molar-refractivity contribution in [2.24, 2.45) is 7.05 Å². The first kappa shape index (κ1) is 25.5. The van der Waals surface area contributed by atoms with Crippen LogP contribution in [0, 0.1) is 0 Å². The SMILES string of the molecule is CN1CCN(C(=O)Nc2cc(Oc3ccc4c(c3)nc(Nc3cccc(C(C)(C)C)c3)n4C)ccn2)CC1. The van der Waals surface area contributed by atoms with Crippen LogP contribution in [-0.4, -0.2) is 63.6 Å². The third-order valence-corrected chi connectivity index (χ3v) is 6.83. The van der Waals surface area contributed by atoms with Gasteiger partial charge in [-0.05, 0) is 48.4 Å². The minimum Gasteiger partial charge on any atom is -0.457 e. The molecule has 5 rings (SSSR count). The normalized spacial score (nSPS) is 14.5. The molecule has 1 aliphatic rings. The van der Waals surface area contributed by atoms with E-state index < -0.39 is 0 Å². The number of nitrogens with zero attached hydrogens (tertiary/aromatic N) is 5. The van der Waals surface area contributed by atoms with Crippen LogP contribution in [0.25, 0.3) is 11.0 Å². The number of fused-ring (bicyclic) bond motifs is 1. The Balaban J connectivity index is 1.29. The monoisotopic (exact) mass is 513 g/mol. The van der Waals surface area contributed by atoms with Crippen LogP contribution in [-0.2, 0) is 12.5 Å². The largest absolute Gasteiger partial charge is 0.457 e. The average Bonchev–Trinajstić information content (AvgIpc) is 3.18. The van der Waals surface area contributed by atoms with Gasteiger partial charge in [-0.15, -0.1) is 0 Å². The highest BCUT2D eigenvalue weighted by Crippen LogP contribution is 2.30. The van der Waals surface area contributed by atoms with E-state index in [9.17, 15) is 4.79 Å². The number of rotatable bonds is 5. The number of pyridine rings is 1. The topological polar surface area (TPSA) is 87.5 Å². The molecule has 0 bridgehead atoms. The van der Waals surface area contributed by atoms with Crippen LogP contribution in [0.15, 0.2) is 60.8 Å². The fourth-order valence-electron chi connectivity index (χ4n) is 4.42. The van der Waals surface area contributed by atoms with Crippen molar-refractivity contribution in [1.29, 1.82) is 0 Å². The van der Waals surface area contributed by atoms with Gasteiger partial charge in [-0.2, -0.15) is 0 Å². The number of hydrogen-bond acceptors (Lipinski definition) is 6. The van der Waals surface area contributed by atoms with Gasteiger partial charge in [-0.3, -0.25) is 5.32 Å². The van der Waals surface area contributed by atoms with E-state index in [2.05, 4.69) is 66.5 Å². The number of ether oxygens (including phenoxy) is 1. The standard InChI is InChI=1S/C29H35N7O2/c1-29(2,3)20-7-6-8-21(17-20)31-27-32-24-18-22(9-10-25(24)35(27)5)38-23-11-12-30-26(19-23)33-28(37)36-15-13-34(4)14-16-36/h6-12,17-19H,13-16H2,1-5H3,(H,31,32)(H,30,33,37). The van der Waals surface area contributed by atoms with Crippen molar-refractivity contribution in [2.45, 2.75) is 26.2 Å². The molecule has 2 N–H and O–H groups in total. The molecular weight excluding hydrogens is 478 g/mol. The van der Waals surface area contributed by atoms with Gasteiger partial charge in [0.15, 0.2) is 0 Å². The molecule has 0 unspecified atom stereocenters. The molecule has 1 fully saturated rings. The van der Waals surface area contributed by atoms with Crippen LogP contribution in [0.1, 0.15) is 26.3 Å². The summed E-state index contributed by atoms with van der Waals surface area (Å²) in [5, 5.41) is 6.34. The number of carbonyl (C=O) groups excluding carboxylic acids is 1. The summed E-state index contributed by atoms with van der Waals surface area (Å²) in [5.74, 6) is 2.44. The number of hydrogen-bond donors (Lipinski definition) is 2. The number of urea groups is 1. The van der Waals surface area contributed by atoms with Gasteiger partial charge >= 0.3 is 6.03 Å². The van der Waals surface area contributed by atoms with Crippen molar-refractivity contribution in [1.82, 2.24) is 24.3 Å². The zero-order valence-electron chi connectivity index (χ0n) is 22.7. The Kier molecular flexibility index (Phi) is 6.94. The van der Waals surface area contributed by atoms with E-state index in [1.807, 2.05) is 35.9 Å². The first-order valence-corrected chi connectivity index (χ1v) is 12.9. The maximum atomic E-state index is 12.6. The maximum absolute atomic E-state index is 12.6. The highest BCUT2D eigenvalue weighted by Gasteiger charge is 2.19. The van der Waals surface area contributed by atoms with E-state index in [1.54, 1.807) is 23.2 Å². The number of carbonyl (C=O) groups is 1. The van der Waals surface area contributed by atoms with E-state index in [1.165, 1.54) is 5.56 Å². The van der Waals surface area contributed by atoms with Gasteiger partial charge in [0.25, 0.3) is 0 Å². The Morgan fingerprint density at radius 1 is 0.947 bits per heavy atom. The number of piperazine rings is 1. The Hall–Kier alpha value is -4.11. The number of aryl methyl sites for hydroxylation is 1. The van der Waals surface area contributed by atoms with Crippen LogP contribution in [0.3, 0.4) is 0 Å². The Morgan fingerprint density at radius 2 is 1.71 bits per heavy atom. The minimum absolute atomic E-state index is 0.0660. The summed E-state index contributed by atoms with van der Waals surface area (Å²) < 4.78 is 8.14. The summed E-state index contributed by atoms with van der Waals surface area (Å²) in [5.41, 5.74) is 4.12. The third-order valence-electron chi connectivity index (χ3n) is 6.83. The van der Waals surface area contributed by atoms with Crippen LogP contribution in [0.2, 0.25) is 0 Å². The predicted octanol–water partition coefficient (Wildman–Crippen LogP) is 5.58. The quantitative estimate of drug-likeness (QED) is 0.362. The first-order valence-electron chi connectivity index (χ1n) is 12.9. The molecule has 2 aromatic heterocycles. The lowest BCUT2D eigenvalue weighted by Crippen LogP contribution is -2.48. The number of nitrogens with one attached hydrogen (secondary N) is 2. The van der Waals surface area contributed by atoms with Crippen molar-refractivity contribution < 1.29 is 9.53 Å². The Bertz CT molecular complexity index is 1450. The molecule has 0 radical (unpaired) electrons. The van der Waals surface area contributed by atoms with E-state index in [0.717, 1.165) is 35.8 Å². The van der Waals surface area contributed by atoms with E-state index in [0.29, 0.717) is 30.4 Å². The van der Waals surface area contributed by atoms with Crippen LogP contribution in [0.4, 0.5) is 22.2 Å². The fourth-order valence-corrected chi connectivity index (χ4v) is 4.42. The highest BCUT2D eigenvalue weighted by atomic mass is 16.5. The number of likely N-dealkylation sites (N-methyl/N-ethyl adjacent to an activating group) is 1. The number of anilines is 3. The van der Waals surface area contributed by atoms with Crippen molar-refractivity contribution in [3.05, 3.63) is 66.4 Å². The molecule has 3 heterocycles. The molecule has 0 spiro atoms. The summed E-state index contributed by atoms with van der Waals surface area (Å²) in [6, 6.07) is 17.6. The fraction of sp³-hybridized carbons (Fsp3) is 0.345. The molecule has 4 aromatic rings. The van der Waals surface area contributed by atoms with Gasteiger partial charge in [0.1, 0.15) is 17.3 Å². The van der Waals surface area contributed by atoms with E-state index in [4.69, 9.17) is 9.72 Å². The summed E-state index contributed by atoms with van der Waals surface area (Å²) >= 11 is 0. The third kappa shape index (κ3) is 5.73. The number of amides is 2. The molecule has 0 atom stereocenters. The lowest BCUT2D eigenvalue weighted by atomic mass is 9.87. The zero-order valence-corrected chi connectivity index (χ0v) is 22.7. The predicted molar refractivity (Wildman–Crippen MR) is 152 cm³/mol. The molecular formula is C29H35N7O2. The molecule has 1 aliphatic heterocycles. The van der Waals surface area contributed by atoms with E-state index in [-0.39, 0.29) is 11.4 Å². The highest BCUT2D eigenvalue weighted by molar-refractivity contribution is 5.88. The van der Waals surface area contributed by atoms with Gasteiger partial charge in [-0.1, -0.05) is 32.9 Å². The molecule has 2 amide bonds. The molecule has 0 aliphatic carbocycles. The van der Waals surface area contributed by atoms with Crippen molar-refractivity contribution in [3.8, 4) is 11.5 Å². The minimum atomic E-state index is -0.147. The average molecular weight is 514 g/mol. The van der Waals surface area contributed by atoms with Gasteiger partial charge in [-0.25, -0.2) is 14.8 Å². The van der Waals surface area contributed by atoms with Crippen LogP contribution < -0.4 is 15.4 Å². The molecule has 2 aromatic carbocycles. The van der Waals surface area contributed by atoms with Crippen LogP contribution in [0.5, 0.6) is 11.5 Å². The maximum Gasteiger partial charge on any atom is 0.323 e. The van der Waals surface area contributed by atoms with Crippen LogP contribution >= 0.6 is 0 Å². The number of benzene rings is 2. The molecule has 198 valence electrons. The first-order chi connectivity index (χ1) is 18.2. The second-order valence-electron chi connectivity index (χ2n) is 10.8. The van der Waals surface area contributed by atoms with Gasteiger partial charge < -0.3 is 24.4 Å². The van der Waals surface area contributed by atoms with Crippen molar-refractivity contribution in [3.63, 3.8) is 0 Å². The Morgan fingerprint density at radius 3 is 2.47 bits per heavy atom. The second-order valence-corrected chi connectivity index (χ2v) is 10.8. The molecule has 1 saturated heterocycles. The second kappa shape index (κ2) is 10.3. The number of aromatic nitrogens is 3. The molecule has 9 heteroatoms. The zero-order chi connectivity index (χ0) is 26.9. The molecule has 9 nitrogen and oxygen atoms in total. The molecule has 0 saturated carbocycles. The van der Waals surface area contributed by atoms with Crippen molar-refractivity contribution in [2.75, 3.05) is 43.9 Å². The smallest absolute Gasteiger partial charge is 0.323 e. The Labute approximate surface area is 223 Å². The summed E-state index contributed by atoms with van der Waals surface area (Å²) in [7, 11) is 4.05. The van der Waals surface area contributed by atoms with Gasteiger partial charge in [0, 0.05) is 57.2 Å². The van der Waals surface area contributed by atoms with Gasteiger partial charge in [0.05, 0.1) is 11.0 Å². The lowest BCUT2D eigenvalue weighted by molar-refractivity contribution is 0.164. The summed E-state index contributed by atoms with van der Waals surface area (Å²) in [4.78, 5) is 25.7. The lowest BCUT2D eigenvalue weighted by Gasteiger charge is -2.32. The van der Waals surface area contributed by atoms with Gasteiger partial charge in [0.2, 0.25) is 5.95 Å². The van der Waals surface area contributed by atoms with E-state index >= 15 is 0 Å². The summed E-state index contributed by atoms with van der Waals surface area (Å²) in [6.45, 7) is 9.73.